The molecule has 2 N–H and O–H groups in total. The molecule has 216 valence electrons. The Morgan fingerprint density at radius 3 is 2.29 bits per heavy atom. The van der Waals surface area contributed by atoms with E-state index in [1.54, 1.807) is 0 Å². The first-order valence-electron chi connectivity index (χ1n) is 13.8. The van der Waals surface area contributed by atoms with Gasteiger partial charge in [-0.2, -0.15) is 0 Å². The van der Waals surface area contributed by atoms with Crippen molar-refractivity contribution in [3.8, 4) is 5.75 Å². The molecule has 1 aliphatic rings. The molecule has 0 aliphatic heterocycles. The second kappa shape index (κ2) is 14.3. The van der Waals surface area contributed by atoms with Crippen LogP contribution < -0.4 is 10.5 Å². The zero-order chi connectivity index (χ0) is 27.9. The molecule has 0 saturated heterocycles. The van der Waals surface area contributed by atoms with Crippen molar-refractivity contribution >= 4 is 50.4 Å². The van der Waals surface area contributed by atoms with E-state index >= 15 is 0 Å². The van der Waals surface area contributed by atoms with Crippen molar-refractivity contribution in [2.24, 2.45) is 11.7 Å². The standard InChI is InChI=1S/C27H47Cl2N3O4Si2/c1-37(2,3)13-11-33-18-32-23-15-21(28)25(29)27(36-16-20-9-7-8-10-22(20)30)26(23)31-24(32)17-35-19-34-12-14-38(4,5)6/h15,20,22H,7-14,16-19,30H2,1-6H3/t20-,22-/m1/s1. The molecule has 1 aliphatic carbocycles. The molecule has 7 nitrogen and oxygen atoms in total. The maximum atomic E-state index is 6.65. The topological polar surface area (TPSA) is 80.8 Å². The summed E-state index contributed by atoms with van der Waals surface area (Å²) in [5.74, 6) is 1.51. The summed E-state index contributed by atoms with van der Waals surface area (Å²) in [6.45, 7) is 16.8. The minimum atomic E-state index is -1.21. The van der Waals surface area contributed by atoms with Crippen LogP contribution in [-0.4, -0.2) is 58.4 Å². The molecule has 0 radical (unpaired) electrons. The average Bonchev–Trinajstić information content (AvgIpc) is 3.15. The van der Waals surface area contributed by atoms with Crippen LogP contribution in [0.1, 0.15) is 31.5 Å². The molecule has 1 heterocycles. The van der Waals surface area contributed by atoms with E-state index in [9.17, 15) is 0 Å². The Kier molecular flexibility index (Phi) is 12.0. The molecule has 0 amide bonds. The van der Waals surface area contributed by atoms with Crippen LogP contribution >= 0.6 is 23.2 Å². The van der Waals surface area contributed by atoms with E-state index in [1.165, 1.54) is 12.8 Å². The van der Waals surface area contributed by atoms with Crippen molar-refractivity contribution < 1.29 is 18.9 Å². The molecule has 11 heteroatoms. The van der Waals surface area contributed by atoms with E-state index in [0.29, 0.717) is 47.9 Å². The predicted octanol–water partition coefficient (Wildman–Crippen LogP) is 7.38. The highest BCUT2D eigenvalue weighted by molar-refractivity contribution is 6.76. The number of nitrogens with zero attached hydrogens (tertiary/aromatic N) is 2. The van der Waals surface area contributed by atoms with E-state index in [-0.39, 0.29) is 25.4 Å². The van der Waals surface area contributed by atoms with Crippen LogP contribution in [-0.2, 0) is 27.5 Å². The summed E-state index contributed by atoms with van der Waals surface area (Å²) >= 11 is 13.2. The number of hydrogen-bond donors (Lipinski definition) is 1. The Balaban J connectivity index is 1.79. The highest BCUT2D eigenvalue weighted by Crippen LogP contribution is 2.40. The molecule has 0 bridgehead atoms. The minimum absolute atomic E-state index is 0.138. The molecule has 3 rings (SSSR count). The van der Waals surface area contributed by atoms with Crippen molar-refractivity contribution in [3.63, 3.8) is 0 Å². The lowest BCUT2D eigenvalue weighted by Gasteiger charge is -2.28. The molecule has 0 unspecified atom stereocenters. The number of halogens is 2. The van der Waals surface area contributed by atoms with Gasteiger partial charge in [-0.25, -0.2) is 4.98 Å². The zero-order valence-corrected chi connectivity index (χ0v) is 27.6. The molecule has 1 saturated carbocycles. The summed E-state index contributed by atoms with van der Waals surface area (Å²) in [6, 6.07) is 4.15. The fourth-order valence-corrected chi connectivity index (χ4v) is 6.31. The Morgan fingerprint density at radius 1 is 0.974 bits per heavy atom. The molecule has 38 heavy (non-hydrogen) atoms. The van der Waals surface area contributed by atoms with Gasteiger partial charge in [-0.05, 0) is 31.0 Å². The maximum Gasteiger partial charge on any atom is 0.167 e. The van der Waals surface area contributed by atoms with E-state index < -0.39 is 16.1 Å². The third kappa shape index (κ3) is 9.76. The second-order valence-corrected chi connectivity index (χ2v) is 24.9. The van der Waals surface area contributed by atoms with Crippen LogP contribution in [0, 0.1) is 5.92 Å². The molecule has 1 fully saturated rings. The van der Waals surface area contributed by atoms with Crippen LogP contribution in [0.25, 0.3) is 11.0 Å². The first kappa shape index (κ1) is 31.9. The number of fused-ring (bicyclic) bond motifs is 1. The monoisotopic (exact) mass is 603 g/mol. The normalized spacial score (nSPS) is 18.9. The van der Waals surface area contributed by atoms with Gasteiger partial charge in [0.2, 0.25) is 0 Å². The van der Waals surface area contributed by atoms with Gasteiger partial charge in [0.05, 0.1) is 17.1 Å². The quantitative estimate of drug-likeness (QED) is 0.130. The molecule has 1 aromatic carbocycles. The zero-order valence-electron chi connectivity index (χ0n) is 24.1. The SMILES string of the molecule is C[Si](C)(C)CCOCOCc1nc2c(OC[C@H]3CCCC[C@H]3N)c(Cl)c(Cl)cc2n1COCC[Si](C)(C)C. The Morgan fingerprint density at radius 2 is 1.63 bits per heavy atom. The number of nitrogens with two attached hydrogens (primary N) is 1. The number of benzene rings is 1. The lowest BCUT2D eigenvalue weighted by molar-refractivity contribution is -0.0609. The van der Waals surface area contributed by atoms with E-state index in [1.807, 2.05) is 10.6 Å². The summed E-state index contributed by atoms with van der Waals surface area (Å²) in [6.07, 6.45) is 4.43. The minimum Gasteiger partial charge on any atom is -0.489 e. The molecular weight excluding hydrogens is 557 g/mol. The van der Waals surface area contributed by atoms with Gasteiger partial charge in [-0.1, -0.05) is 75.3 Å². The fourth-order valence-electron chi connectivity index (χ4n) is 4.41. The van der Waals surface area contributed by atoms with Gasteiger partial charge < -0.3 is 29.2 Å². The van der Waals surface area contributed by atoms with E-state index in [4.69, 9.17) is 52.9 Å². The molecule has 2 aromatic rings. The first-order chi connectivity index (χ1) is 17.9. The van der Waals surface area contributed by atoms with Crippen molar-refractivity contribution in [1.29, 1.82) is 0 Å². The van der Waals surface area contributed by atoms with Crippen LogP contribution in [0.4, 0.5) is 0 Å². The summed E-state index contributed by atoms with van der Waals surface area (Å²) in [4.78, 5) is 4.90. The molecule has 1 aromatic heterocycles. The second-order valence-electron chi connectivity index (χ2n) is 12.9. The Labute approximate surface area is 240 Å². The molecule has 2 atom stereocenters. The van der Waals surface area contributed by atoms with Gasteiger partial charge >= 0.3 is 0 Å². The number of imidazole rings is 1. The van der Waals surface area contributed by atoms with Crippen LogP contribution in [0.15, 0.2) is 6.07 Å². The highest BCUT2D eigenvalue weighted by Gasteiger charge is 2.25. The van der Waals surface area contributed by atoms with Crippen molar-refractivity contribution in [2.45, 2.75) is 96.4 Å². The highest BCUT2D eigenvalue weighted by atomic mass is 35.5. The smallest absolute Gasteiger partial charge is 0.167 e. The third-order valence-electron chi connectivity index (χ3n) is 6.99. The summed E-state index contributed by atoms with van der Waals surface area (Å²) in [5.41, 5.74) is 7.84. The number of aromatic nitrogens is 2. The number of ether oxygens (including phenoxy) is 4. The number of rotatable bonds is 15. The van der Waals surface area contributed by atoms with Gasteiger partial charge in [0, 0.05) is 41.3 Å². The Bertz CT molecular complexity index is 1040. The van der Waals surface area contributed by atoms with Crippen molar-refractivity contribution in [3.05, 3.63) is 21.9 Å². The van der Waals surface area contributed by atoms with Crippen molar-refractivity contribution in [2.75, 3.05) is 26.6 Å². The van der Waals surface area contributed by atoms with E-state index in [2.05, 4.69) is 39.3 Å². The Hall–Kier alpha value is -0.656. The van der Waals surface area contributed by atoms with Crippen molar-refractivity contribution in [1.82, 2.24) is 9.55 Å². The predicted molar refractivity (Wildman–Crippen MR) is 163 cm³/mol. The average molecular weight is 605 g/mol. The van der Waals surface area contributed by atoms with E-state index in [0.717, 1.165) is 36.3 Å². The van der Waals surface area contributed by atoms with Crippen LogP contribution in [0.5, 0.6) is 5.75 Å². The largest absolute Gasteiger partial charge is 0.489 e. The first-order valence-corrected chi connectivity index (χ1v) is 22.0. The summed E-state index contributed by atoms with van der Waals surface area (Å²) in [7, 11) is -2.35. The van der Waals surface area contributed by atoms with Crippen LogP contribution in [0.3, 0.4) is 0 Å². The van der Waals surface area contributed by atoms with Gasteiger partial charge in [0.25, 0.3) is 0 Å². The third-order valence-corrected chi connectivity index (χ3v) is 11.2. The lowest BCUT2D eigenvalue weighted by atomic mass is 9.86. The van der Waals surface area contributed by atoms with Gasteiger partial charge in [-0.15, -0.1) is 0 Å². The van der Waals surface area contributed by atoms with Crippen LogP contribution in [0.2, 0.25) is 61.4 Å². The lowest BCUT2D eigenvalue weighted by Crippen LogP contribution is -2.36. The summed E-state index contributed by atoms with van der Waals surface area (Å²) in [5, 5.41) is 0.794. The number of hydrogen-bond acceptors (Lipinski definition) is 6. The van der Waals surface area contributed by atoms with Gasteiger partial charge in [0.1, 0.15) is 36.5 Å². The van der Waals surface area contributed by atoms with Gasteiger partial charge in [0.15, 0.2) is 5.75 Å². The fraction of sp³-hybridized carbons (Fsp3) is 0.741. The molecule has 0 spiro atoms. The maximum absolute atomic E-state index is 6.65. The molecular formula is C27H47Cl2N3O4Si2. The van der Waals surface area contributed by atoms with Gasteiger partial charge in [-0.3, -0.25) is 0 Å². The summed E-state index contributed by atoms with van der Waals surface area (Å²) < 4.78 is 26.0.